The van der Waals surface area contributed by atoms with Crippen LogP contribution in [0.3, 0.4) is 0 Å². The highest BCUT2D eigenvalue weighted by molar-refractivity contribution is 6.11. The van der Waals surface area contributed by atoms with Crippen molar-refractivity contribution < 1.29 is 4.74 Å². The topological polar surface area (TPSA) is 17.4 Å². The standard InChI is InChI=1S/C88H56N2O/c1-4-22-63(23-5-1)87(64-24-6-2-7-25-64)77-33-17-15-31-72(77)75-56-68(48-52-79(75)87)89(66-44-36-57(37-45-66)61-43-53-84-76(54-61)74-32-16-19-35-83(74)90(84)65-26-8-3-9-27-65)67-46-38-58(39-47-67)62-40-49-73-71-30-14-18-34-78(71)88(82(73)55-62)80-50-41-59-20-10-12-28-69(59)85(80)91-86-70-29-13-11-21-60(70)42-51-81(86)88/h1-56H. The van der Waals surface area contributed by atoms with E-state index >= 15 is 0 Å². The molecule has 0 N–H and O–H groups in total. The summed E-state index contributed by atoms with van der Waals surface area (Å²) in [6.45, 7) is 0. The highest BCUT2D eigenvalue weighted by Gasteiger charge is 2.52. The summed E-state index contributed by atoms with van der Waals surface area (Å²) in [4.78, 5) is 2.44. The maximum absolute atomic E-state index is 7.30. The third kappa shape index (κ3) is 7.38. The summed E-state index contributed by atoms with van der Waals surface area (Å²) in [6.07, 6.45) is 0. The van der Waals surface area contributed by atoms with Crippen LogP contribution in [-0.4, -0.2) is 4.57 Å². The Balaban J connectivity index is 0.770. The first-order chi connectivity index (χ1) is 45.1. The molecule has 3 aliphatic rings. The van der Waals surface area contributed by atoms with Crippen LogP contribution in [0.5, 0.6) is 11.5 Å². The Labute approximate surface area is 528 Å². The molecule has 3 heteroatoms. The highest BCUT2D eigenvalue weighted by Crippen LogP contribution is 2.65. The zero-order valence-electron chi connectivity index (χ0n) is 49.6. The molecule has 0 bridgehead atoms. The summed E-state index contributed by atoms with van der Waals surface area (Å²) in [5, 5.41) is 7.00. The monoisotopic (exact) mass is 1160 g/mol. The van der Waals surface area contributed by atoms with E-state index in [-0.39, 0.29) is 0 Å². The van der Waals surface area contributed by atoms with Gasteiger partial charge in [-0.05, 0) is 161 Å². The molecule has 2 aliphatic carbocycles. The van der Waals surface area contributed by atoms with Gasteiger partial charge in [0, 0.05) is 55.4 Å². The Morgan fingerprint density at radius 1 is 0.253 bits per heavy atom. The lowest BCUT2D eigenvalue weighted by Crippen LogP contribution is -2.32. The SMILES string of the molecule is c1ccc(-n2c3ccccc3c3cc(-c4ccc(N(c5ccc(-c6ccc7c(c6)C6(c8ccccc8-7)c7ccc8ccccc8c7Oc7c6ccc6ccccc76)cc5)c5ccc6c(c5)-c5ccccc5C6(c5ccccc5)c5ccccc5)cc4)ccc32)cc1. The largest absolute Gasteiger partial charge is 0.455 e. The number of nitrogens with zero attached hydrogens (tertiary/aromatic N) is 2. The Bertz CT molecular complexity index is 5490. The van der Waals surface area contributed by atoms with Gasteiger partial charge in [0.25, 0.3) is 0 Å². The molecule has 3 nitrogen and oxygen atoms in total. The Morgan fingerprint density at radius 3 is 1.32 bits per heavy atom. The molecular weight excluding hydrogens is 1100 g/mol. The highest BCUT2D eigenvalue weighted by atomic mass is 16.5. The van der Waals surface area contributed by atoms with Crippen molar-refractivity contribution in [2.24, 2.45) is 0 Å². The van der Waals surface area contributed by atoms with E-state index in [1.807, 2.05) is 0 Å². The van der Waals surface area contributed by atoms with Gasteiger partial charge in [-0.2, -0.15) is 0 Å². The smallest absolute Gasteiger partial charge is 0.140 e. The van der Waals surface area contributed by atoms with Crippen LogP contribution in [0.4, 0.5) is 17.1 Å². The fourth-order valence-corrected chi connectivity index (χ4v) is 16.2. The van der Waals surface area contributed by atoms with Gasteiger partial charge in [0.05, 0.1) is 21.9 Å². The molecule has 0 fully saturated rings. The first kappa shape index (κ1) is 51.3. The average molecular weight is 1160 g/mol. The molecule has 0 unspecified atom stereocenters. The molecule has 0 radical (unpaired) electrons. The molecule has 19 rings (SSSR count). The fourth-order valence-electron chi connectivity index (χ4n) is 16.2. The van der Waals surface area contributed by atoms with Gasteiger partial charge in [0.2, 0.25) is 0 Å². The van der Waals surface area contributed by atoms with Gasteiger partial charge in [-0.15, -0.1) is 0 Å². The van der Waals surface area contributed by atoms with Crippen molar-refractivity contribution in [3.8, 4) is 61.7 Å². The van der Waals surface area contributed by atoms with E-state index in [1.54, 1.807) is 0 Å². The van der Waals surface area contributed by atoms with E-state index in [0.717, 1.165) is 83.6 Å². The van der Waals surface area contributed by atoms with Crippen LogP contribution in [0.25, 0.3) is 93.5 Å². The summed E-state index contributed by atoms with van der Waals surface area (Å²) in [6, 6.07) is 126. The van der Waals surface area contributed by atoms with Crippen molar-refractivity contribution in [3.05, 3.63) is 384 Å². The second-order valence-electron chi connectivity index (χ2n) is 24.6. The maximum Gasteiger partial charge on any atom is 0.140 e. The van der Waals surface area contributed by atoms with Crippen LogP contribution in [0, 0.1) is 0 Å². The van der Waals surface area contributed by atoms with E-state index in [2.05, 4.69) is 349 Å². The third-order valence-electron chi connectivity index (χ3n) is 20.1. The number of rotatable bonds is 8. The quantitative estimate of drug-likeness (QED) is 0.151. The minimum absolute atomic E-state index is 0.512. The van der Waals surface area contributed by atoms with Crippen LogP contribution in [0.15, 0.2) is 340 Å². The molecule has 0 saturated heterocycles. The van der Waals surface area contributed by atoms with Crippen LogP contribution in [-0.2, 0) is 10.8 Å². The van der Waals surface area contributed by atoms with E-state index in [9.17, 15) is 0 Å². The first-order valence-electron chi connectivity index (χ1n) is 31.5. The van der Waals surface area contributed by atoms with Gasteiger partial charge in [-0.1, -0.05) is 267 Å². The van der Waals surface area contributed by atoms with Crippen molar-refractivity contribution in [1.82, 2.24) is 4.57 Å². The molecule has 16 aromatic rings. The van der Waals surface area contributed by atoms with E-state index in [4.69, 9.17) is 4.74 Å². The van der Waals surface area contributed by atoms with Crippen molar-refractivity contribution in [2.45, 2.75) is 10.8 Å². The van der Waals surface area contributed by atoms with Gasteiger partial charge in [-0.3, -0.25) is 0 Å². The normalized spacial score (nSPS) is 13.5. The molecule has 1 aliphatic heterocycles. The number of para-hydroxylation sites is 2. The number of benzene rings is 15. The van der Waals surface area contributed by atoms with E-state index in [0.29, 0.717) is 0 Å². The van der Waals surface area contributed by atoms with Gasteiger partial charge >= 0.3 is 0 Å². The van der Waals surface area contributed by atoms with Crippen LogP contribution >= 0.6 is 0 Å². The number of fused-ring (bicyclic) bond motifs is 19. The first-order valence-corrected chi connectivity index (χ1v) is 31.5. The van der Waals surface area contributed by atoms with Gasteiger partial charge in [0.1, 0.15) is 11.5 Å². The predicted octanol–water partition coefficient (Wildman–Crippen LogP) is 22.7. The second kappa shape index (κ2) is 19.9. The minimum Gasteiger partial charge on any atom is -0.455 e. The zero-order valence-corrected chi connectivity index (χ0v) is 49.6. The third-order valence-corrected chi connectivity index (χ3v) is 20.1. The molecule has 424 valence electrons. The Hall–Kier alpha value is -11.8. The van der Waals surface area contributed by atoms with Crippen LogP contribution < -0.4 is 9.64 Å². The van der Waals surface area contributed by atoms with Gasteiger partial charge in [0.15, 0.2) is 0 Å². The molecule has 0 atom stereocenters. The van der Waals surface area contributed by atoms with Crippen molar-refractivity contribution in [1.29, 1.82) is 0 Å². The summed E-state index contributed by atoms with van der Waals surface area (Å²) >= 11 is 0. The molecule has 91 heavy (non-hydrogen) atoms. The van der Waals surface area contributed by atoms with E-state index < -0.39 is 10.8 Å². The maximum atomic E-state index is 7.30. The lowest BCUT2D eigenvalue weighted by molar-refractivity contribution is 0.447. The molecule has 2 heterocycles. The second-order valence-corrected chi connectivity index (χ2v) is 24.6. The summed E-state index contributed by atoms with van der Waals surface area (Å²) in [5.74, 6) is 1.84. The number of anilines is 3. The van der Waals surface area contributed by atoms with E-state index in [1.165, 1.54) is 83.0 Å². The van der Waals surface area contributed by atoms with Gasteiger partial charge < -0.3 is 14.2 Å². The number of hydrogen-bond donors (Lipinski definition) is 0. The molecule has 1 aromatic heterocycles. The summed E-state index contributed by atoms with van der Waals surface area (Å²) in [5.41, 5.74) is 25.1. The zero-order chi connectivity index (χ0) is 59.8. The molecule has 0 saturated carbocycles. The predicted molar refractivity (Wildman–Crippen MR) is 376 cm³/mol. The van der Waals surface area contributed by atoms with Crippen LogP contribution in [0.1, 0.15) is 44.5 Å². The summed E-state index contributed by atoms with van der Waals surface area (Å²) in [7, 11) is 0. The Kier molecular flexibility index (Phi) is 11.2. The lowest BCUT2D eigenvalue weighted by atomic mass is 9.65. The Morgan fingerprint density at radius 2 is 0.692 bits per heavy atom. The molecule has 0 amide bonds. The summed E-state index contributed by atoms with van der Waals surface area (Å²) < 4.78 is 9.69. The van der Waals surface area contributed by atoms with Crippen molar-refractivity contribution in [3.63, 3.8) is 0 Å². The number of aromatic nitrogens is 1. The number of ether oxygens (including phenoxy) is 1. The molecule has 1 spiro atoms. The van der Waals surface area contributed by atoms with Crippen molar-refractivity contribution in [2.75, 3.05) is 4.90 Å². The van der Waals surface area contributed by atoms with Gasteiger partial charge in [-0.25, -0.2) is 0 Å². The lowest BCUT2D eigenvalue weighted by Gasteiger charge is -2.40. The minimum atomic E-state index is -0.653. The average Bonchev–Trinajstić information content (AvgIpc) is 1.60. The van der Waals surface area contributed by atoms with Crippen molar-refractivity contribution >= 4 is 60.4 Å². The fraction of sp³-hybridized carbons (Fsp3) is 0.0227. The molecule has 15 aromatic carbocycles. The van der Waals surface area contributed by atoms with Crippen LogP contribution in [0.2, 0.25) is 0 Å². The number of hydrogen-bond acceptors (Lipinski definition) is 2. The molecular formula is C88H56N2O.